The van der Waals surface area contributed by atoms with Crippen LogP contribution in [0.3, 0.4) is 0 Å². The third-order valence-electron chi connectivity index (χ3n) is 3.49. The maximum absolute atomic E-state index is 11.7. The van der Waals surface area contributed by atoms with Crippen molar-refractivity contribution < 1.29 is 13.5 Å². The van der Waals surface area contributed by atoms with E-state index in [0.29, 0.717) is 24.8 Å². The fourth-order valence-corrected chi connectivity index (χ4v) is 3.33. The van der Waals surface area contributed by atoms with Crippen molar-refractivity contribution >= 4 is 15.7 Å². The predicted octanol–water partition coefficient (Wildman–Crippen LogP) is -0.115. The minimum Gasteiger partial charge on any atom is -0.395 e. The molecule has 1 aliphatic rings. The van der Waals surface area contributed by atoms with Gasteiger partial charge < -0.3 is 15.3 Å². The van der Waals surface area contributed by atoms with Crippen molar-refractivity contribution in [1.29, 1.82) is 0 Å². The van der Waals surface area contributed by atoms with Crippen LogP contribution in [0.1, 0.15) is 12.8 Å². The standard InChI is InChI=1S/C13H21N3O3S/c14-20(18,19)13-6-2-1-5-12(13)16(8-9-17)10-11-4-3-7-15-11/h1-2,5-6,11,15,17H,3-4,7-10H2,(H2,14,18,19). The molecule has 7 heteroatoms. The van der Waals surface area contributed by atoms with Crippen molar-refractivity contribution in [1.82, 2.24) is 5.32 Å². The predicted molar refractivity (Wildman–Crippen MR) is 78.1 cm³/mol. The van der Waals surface area contributed by atoms with Crippen LogP contribution < -0.4 is 15.4 Å². The highest BCUT2D eigenvalue weighted by molar-refractivity contribution is 7.89. The van der Waals surface area contributed by atoms with Gasteiger partial charge in [-0.05, 0) is 31.5 Å². The molecule has 6 nitrogen and oxygen atoms in total. The van der Waals surface area contributed by atoms with E-state index in [4.69, 9.17) is 5.14 Å². The lowest BCUT2D eigenvalue weighted by atomic mass is 10.2. The van der Waals surface area contributed by atoms with Crippen LogP contribution >= 0.6 is 0 Å². The summed E-state index contributed by atoms with van der Waals surface area (Å²) in [4.78, 5) is 1.98. The fourth-order valence-electron chi connectivity index (χ4n) is 2.57. The maximum atomic E-state index is 11.7. The van der Waals surface area contributed by atoms with Gasteiger partial charge in [0.2, 0.25) is 10.0 Å². The Morgan fingerprint density at radius 1 is 1.40 bits per heavy atom. The molecule has 1 unspecified atom stereocenters. The third-order valence-corrected chi connectivity index (χ3v) is 4.44. The Labute approximate surface area is 119 Å². The molecule has 1 fully saturated rings. The lowest BCUT2D eigenvalue weighted by molar-refractivity contribution is 0.300. The van der Waals surface area contributed by atoms with Crippen LogP contribution in [0.15, 0.2) is 29.2 Å². The highest BCUT2D eigenvalue weighted by atomic mass is 32.2. The number of nitrogens with two attached hydrogens (primary N) is 1. The lowest BCUT2D eigenvalue weighted by Crippen LogP contribution is -2.39. The zero-order valence-electron chi connectivity index (χ0n) is 11.3. The van der Waals surface area contributed by atoms with E-state index in [0.717, 1.165) is 19.4 Å². The summed E-state index contributed by atoms with van der Waals surface area (Å²) < 4.78 is 23.3. The molecule has 1 aliphatic heterocycles. The molecule has 1 atom stereocenters. The quantitative estimate of drug-likeness (QED) is 0.681. The van der Waals surface area contributed by atoms with Gasteiger partial charge in [-0.2, -0.15) is 0 Å². The first-order valence-corrected chi connectivity index (χ1v) is 8.28. The number of nitrogens with one attached hydrogen (secondary N) is 1. The molecular formula is C13H21N3O3S. The van der Waals surface area contributed by atoms with Gasteiger partial charge in [0.1, 0.15) is 4.90 Å². The number of para-hydroxylation sites is 1. The highest BCUT2D eigenvalue weighted by Crippen LogP contribution is 2.24. The van der Waals surface area contributed by atoms with Crippen molar-refractivity contribution in [3.8, 4) is 0 Å². The highest BCUT2D eigenvalue weighted by Gasteiger charge is 2.22. The molecule has 0 radical (unpaired) electrons. The second-order valence-electron chi connectivity index (χ2n) is 4.98. The Morgan fingerprint density at radius 2 is 2.15 bits per heavy atom. The van der Waals surface area contributed by atoms with Crippen LogP contribution in [0.2, 0.25) is 0 Å². The number of aliphatic hydroxyl groups excluding tert-OH is 1. The molecule has 0 bridgehead atoms. The second kappa shape index (κ2) is 6.53. The van der Waals surface area contributed by atoms with Gasteiger partial charge in [-0.3, -0.25) is 0 Å². The Bertz CT molecular complexity index is 542. The van der Waals surface area contributed by atoms with Crippen LogP contribution in [-0.2, 0) is 10.0 Å². The fraction of sp³-hybridized carbons (Fsp3) is 0.538. The van der Waals surface area contributed by atoms with Crippen LogP contribution in [-0.4, -0.2) is 45.8 Å². The summed E-state index contributed by atoms with van der Waals surface area (Å²) in [5.74, 6) is 0. The van der Waals surface area contributed by atoms with Gasteiger partial charge in [0.05, 0.1) is 12.3 Å². The minimum absolute atomic E-state index is 0.0360. The maximum Gasteiger partial charge on any atom is 0.240 e. The number of hydrogen-bond donors (Lipinski definition) is 3. The van der Waals surface area contributed by atoms with Crippen LogP contribution in [0, 0.1) is 0 Å². The summed E-state index contributed by atoms with van der Waals surface area (Å²) >= 11 is 0. The first-order valence-electron chi connectivity index (χ1n) is 6.73. The summed E-state index contributed by atoms with van der Waals surface area (Å²) in [5.41, 5.74) is 0.553. The van der Waals surface area contributed by atoms with Crippen LogP contribution in [0.4, 0.5) is 5.69 Å². The topological polar surface area (TPSA) is 95.7 Å². The van der Waals surface area contributed by atoms with E-state index >= 15 is 0 Å². The van der Waals surface area contributed by atoms with E-state index in [9.17, 15) is 13.5 Å². The number of anilines is 1. The molecule has 1 heterocycles. The van der Waals surface area contributed by atoms with Gasteiger partial charge in [0, 0.05) is 19.1 Å². The molecule has 0 amide bonds. The zero-order valence-corrected chi connectivity index (χ0v) is 12.1. The van der Waals surface area contributed by atoms with Crippen LogP contribution in [0.5, 0.6) is 0 Å². The normalized spacial score (nSPS) is 19.2. The van der Waals surface area contributed by atoms with Gasteiger partial charge in [-0.1, -0.05) is 12.1 Å². The smallest absolute Gasteiger partial charge is 0.240 e. The summed E-state index contributed by atoms with van der Waals surface area (Å²) in [5, 5.41) is 17.9. The average Bonchev–Trinajstić information content (AvgIpc) is 2.90. The molecule has 1 aromatic carbocycles. The minimum atomic E-state index is -3.77. The SMILES string of the molecule is NS(=O)(=O)c1ccccc1N(CCO)CC1CCCN1. The van der Waals surface area contributed by atoms with Gasteiger partial charge in [0.15, 0.2) is 0 Å². The summed E-state index contributed by atoms with van der Waals surface area (Å²) in [6.07, 6.45) is 2.17. The molecule has 1 aromatic rings. The monoisotopic (exact) mass is 299 g/mol. The van der Waals surface area contributed by atoms with Crippen molar-refractivity contribution in [3.05, 3.63) is 24.3 Å². The van der Waals surface area contributed by atoms with Crippen LogP contribution in [0.25, 0.3) is 0 Å². The van der Waals surface area contributed by atoms with E-state index in [1.807, 2.05) is 4.90 Å². The number of aliphatic hydroxyl groups is 1. The first kappa shape index (κ1) is 15.2. The number of primary sulfonamides is 1. The molecule has 0 saturated carbocycles. The second-order valence-corrected chi connectivity index (χ2v) is 6.51. The molecule has 1 saturated heterocycles. The average molecular weight is 299 g/mol. The molecule has 0 spiro atoms. The summed E-state index contributed by atoms with van der Waals surface area (Å²) in [7, 11) is -3.77. The molecule has 20 heavy (non-hydrogen) atoms. The van der Waals surface area contributed by atoms with Crippen molar-refractivity contribution in [3.63, 3.8) is 0 Å². The number of sulfonamides is 1. The molecule has 4 N–H and O–H groups in total. The number of nitrogens with zero attached hydrogens (tertiary/aromatic N) is 1. The van der Waals surface area contributed by atoms with E-state index < -0.39 is 10.0 Å². The van der Waals surface area contributed by atoms with Gasteiger partial charge >= 0.3 is 0 Å². The molecular weight excluding hydrogens is 278 g/mol. The Hall–Kier alpha value is -1.15. The van der Waals surface area contributed by atoms with Gasteiger partial charge in [-0.25, -0.2) is 13.6 Å². The molecule has 2 rings (SSSR count). The Kier molecular flexibility index (Phi) is 4.98. The summed E-state index contributed by atoms with van der Waals surface area (Å²) in [6, 6.07) is 6.96. The van der Waals surface area contributed by atoms with E-state index in [1.54, 1.807) is 18.2 Å². The van der Waals surface area contributed by atoms with Gasteiger partial charge in [0.25, 0.3) is 0 Å². The molecule has 0 aliphatic carbocycles. The largest absolute Gasteiger partial charge is 0.395 e. The van der Waals surface area contributed by atoms with Crippen molar-refractivity contribution in [2.45, 2.75) is 23.8 Å². The van der Waals surface area contributed by atoms with Crippen molar-refractivity contribution in [2.75, 3.05) is 31.1 Å². The zero-order chi connectivity index (χ0) is 14.6. The first-order chi connectivity index (χ1) is 9.52. The molecule has 0 aromatic heterocycles. The third kappa shape index (κ3) is 3.69. The Balaban J connectivity index is 2.28. The van der Waals surface area contributed by atoms with E-state index in [1.165, 1.54) is 6.07 Å². The molecule has 112 valence electrons. The number of hydrogen-bond acceptors (Lipinski definition) is 5. The Morgan fingerprint density at radius 3 is 2.75 bits per heavy atom. The van der Waals surface area contributed by atoms with Crippen molar-refractivity contribution in [2.24, 2.45) is 5.14 Å². The number of benzene rings is 1. The lowest BCUT2D eigenvalue weighted by Gasteiger charge is -2.28. The van der Waals surface area contributed by atoms with E-state index in [2.05, 4.69) is 5.32 Å². The van der Waals surface area contributed by atoms with E-state index in [-0.39, 0.29) is 11.5 Å². The summed E-state index contributed by atoms with van der Waals surface area (Å²) in [6.45, 7) is 1.98. The van der Waals surface area contributed by atoms with Gasteiger partial charge in [-0.15, -0.1) is 0 Å². The number of rotatable bonds is 6.